The van der Waals surface area contributed by atoms with Crippen LogP contribution < -0.4 is 4.74 Å². The molecule has 0 saturated heterocycles. The highest BCUT2D eigenvalue weighted by atomic mass is 16.6. The van der Waals surface area contributed by atoms with Gasteiger partial charge >= 0.3 is 6.08 Å². The molecule has 0 radical (unpaired) electrons. The maximum Gasteiger partial charge on any atom is 0.394 e. The average molecular weight is 191 g/mol. The Balaban J connectivity index is 2.27. The number of para-hydroxylation sites is 2. The molecule has 2 rings (SSSR count). The molecule has 0 aliphatic rings. The molecule has 0 spiro atoms. The predicted octanol–water partition coefficient (Wildman–Crippen LogP) is 3.01. The van der Waals surface area contributed by atoms with E-state index < -0.39 is 0 Å². The number of rotatable bonds is 3. The van der Waals surface area contributed by atoms with E-state index in [4.69, 9.17) is 9.15 Å². The van der Waals surface area contributed by atoms with Crippen LogP contribution >= 0.6 is 0 Å². The zero-order valence-electron chi connectivity index (χ0n) is 8.36. The second kappa shape index (κ2) is 3.70. The first kappa shape index (κ1) is 9.06. The molecule has 3 nitrogen and oxygen atoms in total. The lowest BCUT2D eigenvalue weighted by Gasteiger charge is -2.06. The van der Waals surface area contributed by atoms with Crippen LogP contribution in [0.2, 0.25) is 0 Å². The molecule has 1 aromatic heterocycles. The van der Waals surface area contributed by atoms with Gasteiger partial charge in [0, 0.05) is 0 Å². The third-order valence-electron chi connectivity index (χ3n) is 2.15. The van der Waals surface area contributed by atoms with Crippen LogP contribution in [0.1, 0.15) is 20.3 Å². The number of hydrogen-bond donors (Lipinski definition) is 0. The summed E-state index contributed by atoms with van der Waals surface area (Å²) in [5.74, 6) is 0. The molecule has 74 valence electrons. The summed E-state index contributed by atoms with van der Waals surface area (Å²) in [5, 5.41) is 0. The first-order valence-electron chi connectivity index (χ1n) is 4.82. The van der Waals surface area contributed by atoms with E-state index in [1.807, 2.05) is 31.2 Å². The van der Waals surface area contributed by atoms with Gasteiger partial charge in [-0.15, -0.1) is 0 Å². The number of fused-ring (bicyclic) bond motifs is 1. The highest BCUT2D eigenvalue weighted by molar-refractivity contribution is 5.72. The fourth-order valence-corrected chi connectivity index (χ4v) is 1.16. The topological polar surface area (TPSA) is 35.3 Å². The van der Waals surface area contributed by atoms with Crippen molar-refractivity contribution < 1.29 is 9.15 Å². The van der Waals surface area contributed by atoms with Gasteiger partial charge in [-0.1, -0.05) is 19.1 Å². The van der Waals surface area contributed by atoms with E-state index in [2.05, 4.69) is 11.9 Å². The zero-order valence-corrected chi connectivity index (χ0v) is 8.36. The first-order valence-corrected chi connectivity index (χ1v) is 4.82. The molecule has 0 saturated carbocycles. The van der Waals surface area contributed by atoms with E-state index in [0.717, 1.165) is 17.5 Å². The molecule has 0 aliphatic heterocycles. The molecule has 3 heteroatoms. The van der Waals surface area contributed by atoms with Crippen molar-refractivity contribution in [3.8, 4) is 6.08 Å². The normalized spacial score (nSPS) is 13.0. The first-order chi connectivity index (χ1) is 6.79. The second-order valence-corrected chi connectivity index (χ2v) is 3.28. The monoisotopic (exact) mass is 191 g/mol. The Morgan fingerprint density at radius 3 is 2.93 bits per heavy atom. The summed E-state index contributed by atoms with van der Waals surface area (Å²) in [4.78, 5) is 4.21. The molecule has 1 heterocycles. The maximum absolute atomic E-state index is 5.47. The molecule has 2 aromatic rings. The van der Waals surface area contributed by atoms with Crippen molar-refractivity contribution in [3.05, 3.63) is 24.3 Å². The van der Waals surface area contributed by atoms with Crippen LogP contribution in [0.5, 0.6) is 6.08 Å². The van der Waals surface area contributed by atoms with Crippen molar-refractivity contribution in [2.45, 2.75) is 26.4 Å². The highest BCUT2D eigenvalue weighted by Gasteiger charge is 2.08. The van der Waals surface area contributed by atoms with Crippen LogP contribution in [0.4, 0.5) is 0 Å². The highest BCUT2D eigenvalue weighted by Crippen LogP contribution is 2.20. The van der Waals surface area contributed by atoms with Crippen LogP contribution in [0.25, 0.3) is 11.1 Å². The lowest BCUT2D eigenvalue weighted by atomic mass is 10.3. The molecular weight excluding hydrogens is 178 g/mol. The van der Waals surface area contributed by atoms with Crippen LogP contribution in [0.3, 0.4) is 0 Å². The van der Waals surface area contributed by atoms with Crippen molar-refractivity contribution in [2.24, 2.45) is 0 Å². The summed E-state index contributed by atoms with van der Waals surface area (Å²) in [7, 11) is 0. The Labute approximate surface area is 82.7 Å². The Hall–Kier alpha value is -1.51. The van der Waals surface area contributed by atoms with Crippen LogP contribution in [-0.4, -0.2) is 11.1 Å². The minimum Gasteiger partial charge on any atom is -0.447 e. The van der Waals surface area contributed by atoms with Crippen molar-refractivity contribution in [3.63, 3.8) is 0 Å². The van der Waals surface area contributed by atoms with E-state index in [0.29, 0.717) is 6.08 Å². The smallest absolute Gasteiger partial charge is 0.394 e. The van der Waals surface area contributed by atoms with Crippen molar-refractivity contribution in [2.75, 3.05) is 0 Å². The van der Waals surface area contributed by atoms with E-state index >= 15 is 0 Å². The third-order valence-corrected chi connectivity index (χ3v) is 2.15. The van der Waals surface area contributed by atoms with Gasteiger partial charge in [-0.25, -0.2) is 0 Å². The summed E-state index contributed by atoms with van der Waals surface area (Å²) in [6, 6.07) is 7.63. The minimum atomic E-state index is 0.142. The van der Waals surface area contributed by atoms with Crippen molar-refractivity contribution >= 4 is 11.1 Å². The number of ether oxygens (including phenoxy) is 1. The number of benzene rings is 1. The van der Waals surface area contributed by atoms with Gasteiger partial charge in [0.2, 0.25) is 0 Å². The van der Waals surface area contributed by atoms with E-state index in [-0.39, 0.29) is 6.10 Å². The summed E-state index contributed by atoms with van der Waals surface area (Å²) < 4.78 is 10.9. The Morgan fingerprint density at radius 1 is 1.43 bits per heavy atom. The second-order valence-electron chi connectivity index (χ2n) is 3.28. The third kappa shape index (κ3) is 1.71. The fraction of sp³-hybridized carbons (Fsp3) is 0.364. The van der Waals surface area contributed by atoms with E-state index in [9.17, 15) is 0 Å². The van der Waals surface area contributed by atoms with Gasteiger partial charge < -0.3 is 9.15 Å². The summed E-state index contributed by atoms with van der Waals surface area (Å²) in [5.41, 5.74) is 1.61. The van der Waals surface area contributed by atoms with Crippen LogP contribution in [0.15, 0.2) is 28.7 Å². The number of hydrogen-bond acceptors (Lipinski definition) is 3. The SMILES string of the molecule is CCC(C)Oc1nc2ccccc2o1. The predicted molar refractivity (Wildman–Crippen MR) is 54.4 cm³/mol. The van der Waals surface area contributed by atoms with Gasteiger partial charge in [-0.3, -0.25) is 0 Å². The van der Waals surface area contributed by atoms with E-state index in [1.54, 1.807) is 0 Å². The Morgan fingerprint density at radius 2 is 2.21 bits per heavy atom. The molecule has 0 amide bonds. The number of aromatic nitrogens is 1. The molecule has 0 N–H and O–H groups in total. The summed E-state index contributed by atoms with van der Waals surface area (Å²) in [6.07, 6.45) is 1.45. The largest absolute Gasteiger partial charge is 0.447 e. The maximum atomic E-state index is 5.47. The van der Waals surface area contributed by atoms with Gasteiger partial charge in [0.25, 0.3) is 0 Å². The average Bonchev–Trinajstić information content (AvgIpc) is 2.59. The lowest BCUT2D eigenvalue weighted by molar-refractivity contribution is 0.162. The van der Waals surface area contributed by atoms with Gasteiger partial charge in [0.15, 0.2) is 5.58 Å². The zero-order chi connectivity index (χ0) is 9.97. The van der Waals surface area contributed by atoms with Crippen molar-refractivity contribution in [1.29, 1.82) is 0 Å². The van der Waals surface area contributed by atoms with Crippen LogP contribution in [-0.2, 0) is 0 Å². The van der Waals surface area contributed by atoms with Gasteiger partial charge in [-0.05, 0) is 25.5 Å². The van der Waals surface area contributed by atoms with Gasteiger partial charge in [0.05, 0.1) is 0 Å². The quantitative estimate of drug-likeness (QED) is 0.748. The lowest BCUT2D eigenvalue weighted by Crippen LogP contribution is -2.09. The Bertz CT molecular complexity index is 389. The standard InChI is InChI=1S/C11H13NO2/c1-3-8(2)13-11-12-9-6-4-5-7-10(9)14-11/h4-8H,3H2,1-2H3. The van der Waals surface area contributed by atoms with Crippen LogP contribution in [0, 0.1) is 0 Å². The molecule has 0 bridgehead atoms. The molecule has 0 fully saturated rings. The minimum absolute atomic E-state index is 0.142. The molecular formula is C11H13NO2. The molecule has 1 atom stereocenters. The van der Waals surface area contributed by atoms with Crippen molar-refractivity contribution in [1.82, 2.24) is 4.98 Å². The molecule has 14 heavy (non-hydrogen) atoms. The van der Waals surface area contributed by atoms with E-state index in [1.165, 1.54) is 0 Å². The summed E-state index contributed by atoms with van der Waals surface area (Å²) >= 11 is 0. The van der Waals surface area contributed by atoms with Gasteiger partial charge in [-0.2, -0.15) is 4.98 Å². The number of nitrogens with zero attached hydrogens (tertiary/aromatic N) is 1. The van der Waals surface area contributed by atoms with Gasteiger partial charge in [0.1, 0.15) is 11.6 Å². The Kier molecular flexibility index (Phi) is 2.39. The molecule has 1 aromatic carbocycles. The fourth-order valence-electron chi connectivity index (χ4n) is 1.16. The molecule has 1 unspecified atom stereocenters. The number of oxazole rings is 1. The summed E-state index contributed by atoms with van der Waals surface area (Å²) in [6.45, 7) is 4.06. The molecule has 0 aliphatic carbocycles.